The molecule has 0 amide bonds. The molecule has 0 saturated carbocycles. The zero-order chi connectivity index (χ0) is 11.1. The highest BCUT2D eigenvalue weighted by Crippen LogP contribution is 2.18. The molecule has 0 aromatic rings. The molecule has 0 bridgehead atoms. The molecular weight excluding hydrogens is 208 g/mol. The lowest BCUT2D eigenvalue weighted by molar-refractivity contribution is 0.672. The molecule has 2 nitrogen and oxygen atoms in total. The van der Waals surface area contributed by atoms with Crippen LogP contribution >= 0.6 is 11.6 Å². The van der Waals surface area contributed by atoms with Gasteiger partial charge >= 0.3 is 0 Å². The average Bonchev–Trinajstić information content (AvgIpc) is 2.37. The summed E-state index contributed by atoms with van der Waals surface area (Å²) in [5.74, 6) is 0. The summed E-state index contributed by atoms with van der Waals surface area (Å²) in [6.45, 7) is 4.24. The van der Waals surface area contributed by atoms with Crippen LogP contribution in [0.5, 0.6) is 0 Å². The molecule has 1 aliphatic carbocycles. The zero-order valence-corrected chi connectivity index (χ0v) is 9.98. The first kappa shape index (κ1) is 12.3. The second kappa shape index (κ2) is 6.70. The summed E-state index contributed by atoms with van der Waals surface area (Å²) in [4.78, 5) is 0. The molecule has 1 rings (SSSR count). The minimum Gasteiger partial charge on any atom is -0.398 e. The van der Waals surface area contributed by atoms with Gasteiger partial charge in [-0.1, -0.05) is 30.7 Å². The molecule has 0 radical (unpaired) electrons. The second-order valence-corrected chi connectivity index (χ2v) is 4.07. The maximum Gasteiger partial charge on any atom is 0.0598 e. The van der Waals surface area contributed by atoms with Gasteiger partial charge in [0.15, 0.2) is 0 Å². The Morgan fingerprint density at radius 1 is 1.40 bits per heavy atom. The van der Waals surface area contributed by atoms with Gasteiger partial charge in [0.05, 0.1) is 10.7 Å². The maximum absolute atomic E-state index is 5.94. The molecule has 0 atom stereocenters. The van der Waals surface area contributed by atoms with Gasteiger partial charge in [-0.3, -0.25) is 0 Å². The lowest BCUT2D eigenvalue weighted by atomic mass is 10.1. The van der Waals surface area contributed by atoms with Gasteiger partial charge in [0.1, 0.15) is 0 Å². The molecule has 84 valence electrons. The van der Waals surface area contributed by atoms with Crippen LogP contribution in [0.3, 0.4) is 0 Å². The van der Waals surface area contributed by atoms with E-state index in [0.29, 0.717) is 10.7 Å². The van der Waals surface area contributed by atoms with Crippen LogP contribution in [0.15, 0.2) is 34.5 Å². The van der Waals surface area contributed by atoms with E-state index in [0.717, 1.165) is 25.9 Å². The van der Waals surface area contributed by atoms with E-state index in [1.165, 1.54) is 12.0 Å². The lowest BCUT2D eigenvalue weighted by Gasteiger charge is -2.04. The normalized spacial score (nSPS) is 16.5. The van der Waals surface area contributed by atoms with Gasteiger partial charge < -0.3 is 11.1 Å². The second-order valence-electron chi connectivity index (χ2n) is 3.67. The van der Waals surface area contributed by atoms with Gasteiger partial charge in [-0.25, -0.2) is 0 Å². The highest BCUT2D eigenvalue weighted by atomic mass is 35.5. The first-order valence-electron chi connectivity index (χ1n) is 5.47. The molecular formula is C12H19ClN2. The minimum absolute atomic E-state index is 0.669. The quantitative estimate of drug-likeness (QED) is 0.708. The Morgan fingerprint density at radius 2 is 2.20 bits per heavy atom. The summed E-state index contributed by atoms with van der Waals surface area (Å²) in [6.07, 6.45) is 9.15. The number of nitrogens with one attached hydrogen (secondary N) is 1. The minimum atomic E-state index is 0.669. The zero-order valence-electron chi connectivity index (χ0n) is 9.22. The van der Waals surface area contributed by atoms with Crippen molar-refractivity contribution < 1.29 is 0 Å². The Kier molecular flexibility index (Phi) is 5.51. The van der Waals surface area contributed by atoms with E-state index in [4.69, 9.17) is 17.3 Å². The van der Waals surface area contributed by atoms with Gasteiger partial charge in [-0.05, 0) is 44.0 Å². The maximum atomic E-state index is 5.94. The van der Waals surface area contributed by atoms with Crippen LogP contribution in [0.2, 0.25) is 0 Å². The molecule has 3 N–H and O–H groups in total. The van der Waals surface area contributed by atoms with E-state index in [9.17, 15) is 0 Å². The van der Waals surface area contributed by atoms with E-state index >= 15 is 0 Å². The van der Waals surface area contributed by atoms with Crippen molar-refractivity contribution >= 4 is 11.6 Å². The van der Waals surface area contributed by atoms with Gasteiger partial charge in [0.25, 0.3) is 0 Å². The SMILES string of the molecule is CCCNCCC1=CCC=C(Cl)C(N)=C1. The number of allylic oxidation sites excluding steroid dienone is 4. The number of nitrogens with two attached hydrogens (primary N) is 1. The third kappa shape index (κ3) is 4.54. The van der Waals surface area contributed by atoms with Crippen molar-refractivity contribution in [1.29, 1.82) is 0 Å². The highest BCUT2D eigenvalue weighted by molar-refractivity contribution is 6.31. The summed E-state index contributed by atoms with van der Waals surface area (Å²) in [6, 6.07) is 0. The summed E-state index contributed by atoms with van der Waals surface area (Å²) >= 11 is 5.94. The van der Waals surface area contributed by atoms with Crippen molar-refractivity contribution in [2.75, 3.05) is 13.1 Å². The summed E-state index contributed by atoms with van der Waals surface area (Å²) in [7, 11) is 0. The Morgan fingerprint density at radius 3 is 2.93 bits per heavy atom. The first-order chi connectivity index (χ1) is 7.24. The number of hydrogen-bond donors (Lipinski definition) is 2. The fourth-order valence-corrected chi connectivity index (χ4v) is 1.61. The van der Waals surface area contributed by atoms with Crippen LogP contribution in [0.25, 0.3) is 0 Å². The van der Waals surface area contributed by atoms with Gasteiger partial charge in [0.2, 0.25) is 0 Å². The fraction of sp³-hybridized carbons (Fsp3) is 0.500. The van der Waals surface area contributed by atoms with Gasteiger partial charge in [0, 0.05) is 0 Å². The third-order valence-corrected chi connectivity index (χ3v) is 2.68. The van der Waals surface area contributed by atoms with Crippen molar-refractivity contribution in [2.24, 2.45) is 5.73 Å². The number of rotatable bonds is 5. The molecule has 15 heavy (non-hydrogen) atoms. The summed E-state index contributed by atoms with van der Waals surface area (Å²) < 4.78 is 0. The van der Waals surface area contributed by atoms with E-state index in [2.05, 4.69) is 18.3 Å². The van der Waals surface area contributed by atoms with Crippen molar-refractivity contribution in [1.82, 2.24) is 5.32 Å². The Labute approximate surface area is 96.9 Å². The molecule has 1 aliphatic rings. The van der Waals surface area contributed by atoms with E-state index < -0.39 is 0 Å². The Hall–Kier alpha value is -0.730. The van der Waals surface area contributed by atoms with Gasteiger partial charge in [-0.15, -0.1) is 0 Å². The Balaban J connectivity index is 2.40. The van der Waals surface area contributed by atoms with Gasteiger partial charge in [-0.2, -0.15) is 0 Å². The molecule has 0 aromatic carbocycles. The third-order valence-electron chi connectivity index (χ3n) is 2.31. The smallest absolute Gasteiger partial charge is 0.0598 e. The summed E-state index contributed by atoms with van der Waals surface area (Å²) in [5.41, 5.74) is 7.74. The first-order valence-corrected chi connectivity index (χ1v) is 5.84. The average molecular weight is 227 g/mol. The largest absolute Gasteiger partial charge is 0.398 e. The molecule has 0 aliphatic heterocycles. The van der Waals surface area contributed by atoms with Crippen molar-refractivity contribution in [2.45, 2.75) is 26.2 Å². The standard InChI is InChI=1S/C12H19ClN2/c1-2-7-15-8-6-10-4-3-5-11(13)12(14)9-10/h4-5,9,15H,2-3,6-8,14H2,1H3. The predicted molar refractivity (Wildman–Crippen MR) is 66.7 cm³/mol. The van der Waals surface area contributed by atoms with E-state index in [1.807, 2.05) is 12.2 Å². The van der Waals surface area contributed by atoms with Crippen LogP contribution < -0.4 is 11.1 Å². The monoisotopic (exact) mass is 226 g/mol. The van der Waals surface area contributed by atoms with E-state index in [-0.39, 0.29) is 0 Å². The Bertz CT molecular complexity index is 290. The van der Waals surface area contributed by atoms with E-state index in [1.54, 1.807) is 0 Å². The van der Waals surface area contributed by atoms with Crippen LogP contribution in [-0.2, 0) is 0 Å². The molecule has 0 unspecified atom stereocenters. The molecule has 0 aromatic heterocycles. The topological polar surface area (TPSA) is 38.0 Å². The van der Waals surface area contributed by atoms with Crippen LogP contribution in [0.1, 0.15) is 26.2 Å². The molecule has 0 spiro atoms. The van der Waals surface area contributed by atoms with Crippen LogP contribution in [0.4, 0.5) is 0 Å². The fourth-order valence-electron chi connectivity index (χ4n) is 1.47. The number of halogens is 1. The van der Waals surface area contributed by atoms with Crippen molar-refractivity contribution in [3.63, 3.8) is 0 Å². The molecule has 3 heteroatoms. The summed E-state index contributed by atoms with van der Waals surface area (Å²) in [5, 5.41) is 4.04. The molecule has 0 heterocycles. The van der Waals surface area contributed by atoms with Crippen LogP contribution in [0, 0.1) is 0 Å². The molecule has 0 saturated heterocycles. The highest BCUT2D eigenvalue weighted by Gasteiger charge is 2.02. The van der Waals surface area contributed by atoms with Crippen molar-refractivity contribution in [3.05, 3.63) is 34.5 Å². The lowest BCUT2D eigenvalue weighted by Crippen LogP contribution is -2.16. The molecule has 0 fully saturated rings. The van der Waals surface area contributed by atoms with Crippen molar-refractivity contribution in [3.8, 4) is 0 Å². The predicted octanol–water partition coefficient (Wildman–Crippen LogP) is 2.67. The number of hydrogen-bond acceptors (Lipinski definition) is 2. The van der Waals surface area contributed by atoms with Crippen LogP contribution in [-0.4, -0.2) is 13.1 Å².